The molecule has 1 saturated heterocycles. The summed E-state index contributed by atoms with van der Waals surface area (Å²) in [6.45, 7) is 5.73. The Morgan fingerprint density at radius 3 is 2.20 bits per heavy atom. The van der Waals surface area contributed by atoms with E-state index in [2.05, 4.69) is 0 Å². The Morgan fingerprint density at radius 1 is 0.967 bits per heavy atom. The van der Waals surface area contributed by atoms with Gasteiger partial charge in [-0.15, -0.1) is 0 Å². The molecule has 3 rings (SSSR count). The van der Waals surface area contributed by atoms with E-state index in [0.29, 0.717) is 31.6 Å². The molecule has 1 aliphatic rings. The van der Waals surface area contributed by atoms with Crippen molar-refractivity contribution >= 4 is 19.0 Å². The van der Waals surface area contributed by atoms with Crippen LogP contribution < -0.4 is 5.30 Å². The maximum atomic E-state index is 13.3. The standard InChI is InChI=1S/C23H30NO5P/c1-3-28-30(26,29-4-2)22-13-9-8-12-21(22)20-14-16-24(17-15-20)23(25)27-18-19-10-6-5-7-11-19/h5-13,20H,3-4,14-18H2,1-2H3. The third kappa shape index (κ3) is 5.51. The highest BCUT2D eigenvalue weighted by molar-refractivity contribution is 7.62. The summed E-state index contributed by atoms with van der Waals surface area (Å²) >= 11 is 0. The number of nitrogens with zero attached hydrogens (tertiary/aromatic N) is 1. The summed E-state index contributed by atoms with van der Waals surface area (Å²) in [4.78, 5) is 14.2. The van der Waals surface area contributed by atoms with Crippen molar-refractivity contribution in [1.82, 2.24) is 4.90 Å². The molecule has 0 radical (unpaired) electrons. The maximum absolute atomic E-state index is 13.3. The molecule has 0 aliphatic carbocycles. The van der Waals surface area contributed by atoms with E-state index in [4.69, 9.17) is 13.8 Å². The number of benzene rings is 2. The number of hydrogen-bond donors (Lipinski definition) is 0. The third-order valence-electron chi connectivity index (χ3n) is 5.23. The zero-order chi connectivity index (χ0) is 21.4. The smallest absolute Gasteiger partial charge is 0.410 e. The number of piperidine rings is 1. The number of hydrogen-bond acceptors (Lipinski definition) is 5. The van der Waals surface area contributed by atoms with Crippen LogP contribution in [0.4, 0.5) is 4.79 Å². The highest BCUT2D eigenvalue weighted by Crippen LogP contribution is 2.49. The monoisotopic (exact) mass is 431 g/mol. The number of ether oxygens (including phenoxy) is 1. The van der Waals surface area contributed by atoms with Crippen molar-refractivity contribution in [3.8, 4) is 0 Å². The van der Waals surface area contributed by atoms with E-state index < -0.39 is 7.60 Å². The van der Waals surface area contributed by atoms with Crippen LogP contribution in [0.2, 0.25) is 0 Å². The number of carbonyl (C=O) groups is 1. The average Bonchev–Trinajstić information content (AvgIpc) is 2.78. The Labute approximate surface area is 178 Å². The molecule has 6 nitrogen and oxygen atoms in total. The van der Waals surface area contributed by atoms with E-state index in [1.807, 2.05) is 68.4 Å². The van der Waals surface area contributed by atoms with Crippen LogP contribution in [0.5, 0.6) is 0 Å². The molecule has 1 aliphatic heterocycles. The number of carbonyl (C=O) groups excluding carboxylic acids is 1. The molecule has 0 saturated carbocycles. The Morgan fingerprint density at radius 2 is 1.57 bits per heavy atom. The molecule has 0 atom stereocenters. The molecule has 7 heteroatoms. The molecule has 0 bridgehead atoms. The summed E-state index contributed by atoms with van der Waals surface area (Å²) in [7, 11) is -3.36. The van der Waals surface area contributed by atoms with Crippen LogP contribution in [-0.4, -0.2) is 37.3 Å². The molecular weight excluding hydrogens is 401 g/mol. The molecule has 0 unspecified atom stereocenters. The van der Waals surface area contributed by atoms with Crippen LogP contribution in [0.1, 0.15) is 43.7 Å². The van der Waals surface area contributed by atoms with Crippen LogP contribution in [0.25, 0.3) is 0 Å². The van der Waals surface area contributed by atoms with Gasteiger partial charge >= 0.3 is 13.7 Å². The summed E-state index contributed by atoms with van der Waals surface area (Å²) in [6, 6.07) is 17.3. The summed E-state index contributed by atoms with van der Waals surface area (Å²) < 4.78 is 29.9. The first-order valence-corrected chi connectivity index (χ1v) is 12.1. The Hall–Kier alpha value is -2.14. The van der Waals surface area contributed by atoms with Crippen LogP contribution in [0, 0.1) is 0 Å². The van der Waals surface area contributed by atoms with Gasteiger partial charge in [0.15, 0.2) is 0 Å². The Kier molecular flexibility index (Phi) is 8.08. The van der Waals surface area contributed by atoms with Gasteiger partial charge in [-0.3, -0.25) is 4.57 Å². The molecule has 2 aromatic carbocycles. The highest BCUT2D eigenvalue weighted by Gasteiger charge is 2.33. The molecule has 1 fully saturated rings. The minimum Gasteiger partial charge on any atom is -0.445 e. The molecule has 1 amide bonds. The van der Waals surface area contributed by atoms with Crippen LogP contribution >= 0.6 is 7.60 Å². The molecule has 162 valence electrons. The van der Waals surface area contributed by atoms with Crippen LogP contribution in [-0.2, 0) is 25.0 Å². The molecule has 0 aromatic heterocycles. The third-order valence-corrected chi connectivity index (χ3v) is 7.42. The zero-order valence-electron chi connectivity index (χ0n) is 17.7. The van der Waals surface area contributed by atoms with E-state index >= 15 is 0 Å². The number of amides is 1. The largest absolute Gasteiger partial charge is 0.445 e. The SMILES string of the molecule is CCOP(=O)(OCC)c1ccccc1C1CCN(C(=O)OCc2ccccc2)CC1. The summed E-state index contributed by atoms with van der Waals surface area (Å²) in [5.41, 5.74) is 1.96. The minimum absolute atomic E-state index is 0.189. The first-order chi connectivity index (χ1) is 14.6. The fourth-order valence-corrected chi connectivity index (χ4v) is 5.66. The molecule has 0 spiro atoms. The second-order valence-corrected chi connectivity index (χ2v) is 9.19. The summed E-state index contributed by atoms with van der Waals surface area (Å²) in [5.74, 6) is 0.189. The summed E-state index contributed by atoms with van der Waals surface area (Å²) in [6.07, 6.45) is 1.26. The zero-order valence-corrected chi connectivity index (χ0v) is 18.6. The van der Waals surface area contributed by atoms with Gasteiger partial charge in [0.2, 0.25) is 0 Å². The van der Waals surface area contributed by atoms with Crippen molar-refractivity contribution in [2.24, 2.45) is 0 Å². The van der Waals surface area contributed by atoms with Crippen molar-refractivity contribution in [1.29, 1.82) is 0 Å². The van der Waals surface area contributed by atoms with Gasteiger partial charge in [-0.1, -0.05) is 48.5 Å². The maximum Gasteiger partial charge on any atom is 0.410 e. The quantitative estimate of drug-likeness (QED) is 0.545. The predicted molar refractivity (Wildman–Crippen MR) is 117 cm³/mol. The molecular formula is C23H30NO5P. The average molecular weight is 431 g/mol. The highest BCUT2D eigenvalue weighted by atomic mass is 31.2. The Bertz CT molecular complexity index is 855. The first kappa shape index (κ1) is 22.5. The van der Waals surface area contributed by atoms with Gasteiger partial charge in [-0.05, 0) is 49.8 Å². The summed E-state index contributed by atoms with van der Waals surface area (Å²) in [5, 5.41) is 0.638. The van der Waals surface area contributed by atoms with E-state index in [-0.39, 0.29) is 18.6 Å². The van der Waals surface area contributed by atoms with Crippen molar-refractivity contribution in [3.05, 3.63) is 65.7 Å². The van der Waals surface area contributed by atoms with E-state index in [1.54, 1.807) is 4.90 Å². The van der Waals surface area contributed by atoms with Gasteiger partial charge in [0, 0.05) is 13.1 Å². The van der Waals surface area contributed by atoms with Crippen molar-refractivity contribution in [2.75, 3.05) is 26.3 Å². The van der Waals surface area contributed by atoms with Gasteiger partial charge in [0.05, 0.1) is 18.5 Å². The Balaban J connectivity index is 1.64. The van der Waals surface area contributed by atoms with Gasteiger partial charge in [0.1, 0.15) is 6.61 Å². The van der Waals surface area contributed by atoms with Crippen molar-refractivity contribution in [3.63, 3.8) is 0 Å². The predicted octanol–water partition coefficient (Wildman–Crippen LogP) is 5.09. The van der Waals surface area contributed by atoms with E-state index in [0.717, 1.165) is 24.0 Å². The van der Waals surface area contributed by atoms with Gasteiger partial charge in [-0.25, -0.2) is 4.79 Å². The lowest BCUT2D eigenvalue weighted by Gasteiger charge is -2.33. The fraction of sp³-hybridized carbons (Fsp3) is 0.435. The molecule has 0 N–H and O–H groups in total. The minimum atomic E-state index is -3.36. The lowest BCUT2D eigenvalue weighted by atomic mass is 9.89. The normalized spacial score (nSPS) is 15.2. The number of likely N-dealkylation sites (tertiary alicyclic amines) is 1. The van der Waals surface area contributed by atoms with Gasteiger partial charge in [-0.2, -0.15) is 0 Å². The molecule has 1 heterocycles. The van der Waals surface area contributed by atoms with Gasteiger partial charge in [0.25, 0.3) is 0 Å². The topological polar surface area (TPSA) is 65.1 Å². The van der Waals surface area contributed by atoms with Crippen LogP contribution in [0.3, 0.4) is 0 Å². The van der Waals surface area contributed by atoms with Crippen molar-refractivity contribution < 1.29 is 23.1 Å². The van der Waals surface area contributed by atoms with E-state index in [9.17, 15) is 9.36 Å². The molecule has 30 heavy (non-hydrogen) atoms. The van der Waals surface area contributed by atoms with Crippen LogP contribution in [0.15, 0.2) is 54.6 Å². The van der Waals surface area contributed by atoms with E-state index in [1.165, 1.54) is 0 Å². The van der Waals surface area contributed by atoms with Gasteiger partial charge < -0.3 is 18.7 Å². The second-order valence-electron chi connectivity index (χ2n) is 7.19. The second kappa shape index (κ2) is 10.8. The lowest BCUT2D eigenvalue weighted by molar-refractivity contribution is 0.0870. The first-order valence-electron chi connectivity index (χ1n) is 10.5. The lowest BCUT2D eigenvalue weighted by Crippen LogP contribution is -2.39. The number of rotatable bonds is 8. The fourth-order valence-electron chi connectivity index (χ4n) is 3.78. The van der Waals surface area contributed by atoms with Crippen molar-refractivity contribution in [2.45, 2.75) is 39.2 Å². The molecule has 2 aromatic rings.